The number of H-pyrrole nitrogens is 1. The number of aromatic nitrogens is 2. The minimum absolute atomic E-state index is 0.149. The molecule has 0 atom stereocenters. The van der Waals surface area contributed by atoms with Gasteiger partial charge in [-0.2, -0.15) is 0 Å². The topological polar surface area (TPSA) is 104 Å². The van der Waals surface area contributed by atoms with Gasteiger partial charge in [-0.25, -0.2) is 4.98 Å². The molecule has 0 saturated heterocycles. The van der Waals surface area contributed by atoms with E-state index in [9.17, 15) is 4.79 Å². The van der Waals surface area contributed by atoms with Gasteiger partial charge in [0.1, 0.15) is 5.69 Å². The number of amidine groups is 1. The van der Waals surface area contributed by atoms with Crippen molar-refractivity contribution >= 4 is 5.84 Å². The fourth-order valence-electron chi connectivity index (χ4n) is 0.560. The van der Waals surface area contributed by atoms with Crippen molar-refractivity contribution < 1.29 is 5.21 Å². The van der Waals surface area contributed by atoms with E-state index in [1.54, 1.807) is 0 Å². The normalized spacial score (nSPS) is 11.5. The van der Waals surface area contributed by atoms with Crippen LogP contribution in [0, 0.1) is 0 Å². The van der Waals surface area contributed by atoms with Crippen LogP contribution in [0.1, 0.15) is 5.69 Å². The van der Waals surface area contributed by atoms with E-state index >= 15 is 0 Å². The molecule has 0 aliphatic carbocycles. The SMILES string of the molecule is N/C(=N/O)c1cc(=O)[nH]cn1. The fraction of sp³-hybridized carbons (Fsp3) is 0. The van der Waals surface area contributed by atoms with Gasteiger partial charge >= 0.3 is 0 Å². The number of rotatable bonds is 1. The molecular formula is C5H6N4O2. The molecule has 1 aromatic rings. The van der Waals surface area contributed by atoms with Crippen LogP contribution in [0.4, 0.5) is 0 Å². The van der Waals surface area contributed by atoms with Crippen LogP contribution in [0.2, 0.25) is 0 Å². The summed E-state index contributed by atoms with van der Waals surface area (Å²) >= 11 is 0. The van der Waals surface area contributed by atoms with Gasteiger partial charge in [-0.15, -0.1) is 0 Å². The summed E-state index contributed by atoms with van der Waals surface area (Å²) in [5.74, 6) is -0.184. The first-order valence-electron chi connectivity index (χ1n) is 2.76. The Balaban J connectivity index is 3.16. The van der Waals surface area contributed by atoms with Crippen LogP contribution in [-0.4, -0.2) is 21.0 Å². The third-order valence-electron chi connectivity index (χ3n) is 1.05. The maximum Gasteiger partial charge on any atom is 0.251 e. The van der Waals surface area contributed by atoms with Crippen molar-refractivity contribution in [3.8, 4) is 0 Å². The first-order valence-corrected chi connectivity index (χ1v) is 2.76. The Kier molecular flexibility index (Phi) is 1.86. The van der Waals surface area contributed by atoms with Gasteiger partial charge in [-0.1, -0.05) is 5.16 Å². The molecule has 0 spiro atoms. The second-order valence-electron chi connectivity index (χ2n) is 1.78. The standard InChI is InChI=1S/C5H6N4O2/c6-5(9-11)3-1-4(10)8-2-7-3/h1-2,11H,(H2,6,9)(H,7,8,10). The smallest absolute Gasteiger partial charge is 0.251 e. The van der Waals surface area contributed by atoms with E-state index in [-0.39, 0.29) is 17.1 Å². The molecule has 6 nitrogen and oxygen atoms in total. The van der Waals surface area contributed by atoms with E-state index in [4.69, 9.17) is 10.9 Å². The zero-order valence-corrected chi connectivity index (χ0v) is 5.48. The molecule has 0 fully saturated rings. The van der Waals surface area contributed by atoms with Crippen molar-refractivity contribution in [3.63, 3.8) is 0 Å². The van der Waals surface area contributed by atoms with Crippen molar-refractivity contribution in [1.29, 1.82) is 0 Å². The van der Waals surface area contributed by atoms with E-state index in [2.05, 4.69) is 15.1 Å². The lowest BCUT2D eigenvalue weighted by Crippen LogP contribution is -2.18. The molecule has 1 heterocycles. The number of nitrogens with one attached hydrogen (secondary N) is 1. The molecule has 0 aliphatic rings. The van der Waals surface area contributed by atoms with Crippen LogP contribution in [-0.2, 0) is 0 Å². The largest absolute Gasteiger partial charge is 0.409 e. The van der Waals surface area contributed by atoms with Crippen molar-refractivity contribution in [2.75, 3.05) is 0 Å². The molecule has 0 unspecified atom stereocenters. The molecular weight excluding hydrogens is 148 g/mol. The van der Waals surface area contributed by atoms with E-state index in [1.807, 2.05) is 0 Å². The Labute approximate surface area is 61.4 Å². The number of nitrogens with two attached hydrogens (primary N) is 1. The maximum atomic E-state index is 10.6. The second-order valence-corrected chi connectivity index (χ2v) is 1.78. The number of oxime groups is 1. The van der Waals surface area contributed by atoms with Crippen molar-refractivity contribution in [2.45, 2.75) is 0 Å². The molecule has 0 bridgehead atoms. The summed E-state index contributed by atoms with van der Waals surface area (Å²) in [4.78, 5) is 16.6. The monoisotopic (exact) mass is 154 g/mol. The number of aromatic amines is 1. The molecule has 4 N–H and O–H groups in total. The summed E-state index contributed by atoms with van der Waals surface area (Å²) in [5.41, 5.74) is 4.95. The van der Waals surface area contributed by atoms with Gasteiger partial charge in [0.05, 0.1) is 6.33 Å². The average Bonchev–Trinajstić information content (AvgIpc) is 2.03. The lowest BCUT2D eigenvalue weighted by Gasteiger charge is -1.93. The van der Waals surface area contributed by atoms with E-state index < -0.39 is 0 Å². The first-order chi connectivity index (χ1) is 5.24. The summed E-state index contributed by atoms with van der Waals surface area (Å²) in [6.07, 6.45) is 1.18. The zero-order valence-electron chi connectivity index (χ0n) is 5.48. The molecule has 1 aromatic heterocycles. The zero-order chi connectivity index (χ0) is 8.27. The van der Waals surface area contributed by atoms with Crippen LogP contribution in [0.5, 0.6) is 0 Å². The predicted molar refractivity (Wildman–Crippen MR) is 37.4 cm³/mol. The molecule has 0 saturated carbocycles. The highest BCUT2D eigenvalue weighted by molar-refractivity contribution is 5.94. The molecule has 0 aromatic carbocycles. The predicted octanol–water partition coefficient (Wildman–Crippen LogP) is -1.14. The van der Waals surface area contributed by atoms with Crippen LogP contribution < -0.4 is 11.3 Å². The fourth-order valence-corrected chi connectivity index (χ4v) is 0.560. The summed E-state index contributed by atoms with van der Waals surface area (Å²) in [7, 11) is 0. The molecule has 11 heavy (non-hydrogen) atoms. The maximum absolute atomic E-state index is 10.6. The number of nitrogens with zero attached hydrogens (tertiary/aromatic N) is 2. The Bertz CT molecular complexity index is 329. The summed E-state index contributed by atoms with van der Waals surface area (Å²) in [6, 6.07) is 1.13. The van der Waals surface area contributed by atoms with Gasteiger partial charge in [0.15, 0.2) is 5.84 Å². The Morgan fingerprint density at radius 1 is 1.82 bits per heavy atom. The highest BCUT2D eigenvalue weighted by atomic mass is 16.4. The van der Waals surface area contributed by atoms with E-state index in [0.717, 1.165) is 6.07 Å². The Hall–Kier alpha value is -1.85. The third kappa shape index (κ3) is 1.54. The third-order valence-corrected chi connectivity index (χ3v) is 1.05. The van der Waals surface area contributed by atoms with Crippen molar-refractivity contribution in [1.82, 2.24) is 9.97 Å². The van der Waals surface area contributed by atoms with Crippen LogP contribution in [0.15, 0.2) is 22.3 Å². The molecule has 1 rings (SSSR count). The Morgan fingerprint density at radius 3 is 3.09 bits per heavy atom. The summed E-state index contributed by atoms with van der Waals surface area (Å²) < 4.78 is 0. The summed E-state index contributed by atoms with van der Waals surface area (Å²) in [6.45, 7) is 0. The molecule has 6 heteroatoms. The quantitative estimate of drug-likeness (QED) is 0.206. The van der Waals surface area contributed by atoms with Crippen molar-refractivity contribution in [2.24, 2.45) is 10.9 Å². The van der Waals surface area contributed by atoms with Crippen LogP contribution in [0.3, 0.4) is 0 Å². The minimum Gasteiger partial charge on any atom is -0.409 e. The van der Waals surface area contributed by atoms with Gasteiger partial charge < -0.3 is 15.9 Å². The van der Waals surface area contributed by atoms with E-state index in [0.29, 0.717) is 0 Å². The number of hydrogen-bond acceptors (Lipinski definition) is 4. The molecule has 0 radical (unpaired) electrons. The van der Waals surface area contributed by atoms with E-state index in [1.165, 1.54) is 6.33 Å². The second kappa shape index (κ2) is 2.82. The van der Waals surface area contributed by atoms with Gasteiger partial charge in [0, 0.05) is 6.07 Å². The molecule has 58 valence electrons. The van der Waals surface area contributed by atoms with Gasteiger partial charge in [0.25, 0.3) is 5.56 Å². The lowest BCUT2D eigenvalue weighted by atomic mass is 10.4. The first kappa shape index (κ1) is 7.26. The highest BCUT2D eigenvalue weighted by Crippen LogP contribution is 1.84. The highest BCUT2D eigenvalue weighted by Gasteiger charge is 1.99. The van der Waals surface area contributed by atoms with Crippen LogP contribution >= 0.6 is 0 Å². The molecule has 0 aliphatic heterocycles. The average molecular weight is 154 g/mol. The lowest BCUT2D eigenvalue weighted by molar-refractivity contribution is 0.318. The summed E-state index contributed by atoms with van der Waals surface area (Å²) in [5, 5.41) is 10.9. The number of hydrogen-bond donors (Lipinski definition) is 3. The van der Waals surface area contributed by atoms with Gasteiger partial charge in [-0.05, 0) is 0 Å². The van der Waals surface area contributed by atoms with Crippen LogP contribution in [0.25, 0.3) is 0 Å². The Morgan fingerprint density at radius 2 is 2.55 bits per heavy atom. The molecule has 0 amide bonds. The van der Waals surface area contributed by atoms with Crippen molar-refractivity contribution in [3.05, 3.63) is 28.4 Å². The minimum atomic E-state index is -0.346. The van der Waals surface area contributed by atoms with Gasteiger partial charge in [0.2, 0.25) is 0 Å². The van der Waals surface area contributed by atoms with Gasteiger partial charge in [-0.3, -0.25) is 4.79 Å².